The third-order valence-electron chi connectivity index (χ3n) is 2.12. The van der Waals surface area contributed by atoms with Crippen LogP contribution < -0.4 is 4.90 Å². The van der Waals surface area contributed by atoms with Crippen molar-refractivity contribution in [2.75, 3.05) is 18.5 Å². The van der Waals surface area contributed by atoms with Crippen molar-refractivity contribution in [2.24, 2.45) is 0 Å². The van der Waals surface area contributed by atoms with Gasteiger partial charge in [0.15, 0.2) is 0 Å². The lowest BCUT2D eigenvalue weighted by atomic mass is 10.2. The molecular weight excluding hydrogens is 194 g/mol. The quantitative estimate of drug-likeness (QED) is 0.613. The van der Waals surface area contributed by atoms with Crippen molar-refractivity contribution in [3.05, 3.63) is 29.8 Å². The van der Waals surface area contributed by atoms with Crippen molar-refractivity contribution in [3.63, 3.8) is 0 Å². The molecule has 0 amide bonds. The minimum absolute atomic E-state index is 1.18. The maximum Gasteiger partial charge on any atom is 0.0396 e. The number of para-hydroxylation sites is 1. The summed E-state index contributed by atoms with van der Waals surface area (Å²) in [5.41, 5.74) is 2.90. The van der Waals surface area contributed by atoms with Crippen molar-refractivity contribution < 1.29 is 0 Å². The molecule has 0 aliphatic carbocycles. The lowest BCUT2D eigenvalue weighted by molar-refractivity contribution is 0.956. The van der Waals surface area contributed by atoms with Gasteiger partial charge in [-0.25, -0.2) is 0 Å². The minimum atomic E-state index is 1.18. The van der Waals surface area contributed by atoms with E-state index in [4.69, 9.17) is 0 Å². The average Bonchev–Trinajstić information content (AvgIpc) is 2.79. The first-order chi connectivity index (χ1) is 7.88. The summed E-state index contributed by atoms with van der Waals surface area (Å²) in [5.74, 6) is 0. The van der Waals surface area contributed by atoms with Crippen LogP contribution in [-0.4, -0.2) is 13.6 Å². The van der Waals surface area contributed by atoms with Gasteiger partial charge >= 0.3 is 0 Å². The van der Waals surface area contributed by atoms with E-state index in [1.807, 2.05) is 41.5 Å². The normalized spacial score (nSPS) is 10.8. The Balaban J connectivity index is 0. The van der Waals surface area contributed by atoms with E-state index in [2.05, 4.69) is 36.2 Å². The number of benzene rings is 1. The Hall–Kier alpha value is -0.980. The topological polar surface area (TPSA) is 3.24 Å². The Kier molecular flexibility index (Phi) is 13.2. The average molecular weight is 223 g/mol. The van der Waals surface area contributed by atoms with Crippen LogP contribution in [0.25, 0.3) is 0 Å². The predicted molar refractivity (Wildman–Crippen MR) is 77.5 cm³/mol. The van der Waals surface area contributed by atoms with Gasteiger partial charge in [0.2, 0.25) is 0 Å². The number of anilines is 1. The highest BCUT2D eigenvalue weighted by atomic mass is 15.1. The molecule has 1 aliphatic rings. The van der Waals surface area contributed by atoms with Crippen LogP contribution in [0.4, 0.5) is 5.69 Å². The van der Waals surface area contributed by atoms with Crippen LogP contribution in [0.3, 0.4) is 0 Å². The summed E-state index contributed by atoms with van der Waals surface area (Å²) in [5, 5.41) is 0. The molecule has 0 N–H and O–H groups in total. The predicted octanol–water partition coefficient (Wildman–Crippen LogP) is 4.76. The van der Waals surface area contributed by atoms with Gasteiger partial charge < -0.3 is 4.90 Å². The number of rotatable bonds is 0. The highest BCUT2D eigenvalue weighted by Gasteiger charge is 2.12. The SMILES string of the molecule is CC.CC.CC.CN1CCc2ccccc21. The van der Waals surface area contributed by atoms with E-state index < -0.39 is 0 Å². The fraction of sp³-hybridized carbons (Fsp3) is 0.600. The standard InChI is InChI=1S/C9H11N.3C2H6/c1-10-7-6-8-4-2-3-5-9(8)10;3*1-2/h2-5H,6-7H2,1H3;3*1-2H3. The zero-order valence-electron chi connectivity index (χ0n) is 12.2. The molecule has 1 heterocycles. The lowest BCUT2D eigenvalue weighted by Gasteiger charge is -2.10. The van der Waals surface area contributed by atoms with Crippen molar-refractivity contribution in [1.82, 2.24) is 0 Å². The van der Waals surface area contributed by atoms with E-state index in [9.17, 15) is 0 Å². The van der Waals surface area contributed by atoms with Crippen molar-refractivity contribution in [2.45, 2.75) is 48.0 Å². The van der Waals surface area contributed by atoms with Gasteiger partial charge in [-0.05, 0) is 18.1 Å². The molecule has 0 spiro atoms. The largest absolute Gasteiger partial charge is 0.374 e. The molecule has 94 valence electrons. The van der Waals surface area contributed by atoms with E-state index in [0.717, 1.165) is 0 Å². The van der Waals surface area contributed by atoms with Crippen LogP contribution in [0.5, 0.6) is 0 Å². The van der Waals surface area contributed by atoms with Crippen LogP contribution in [0.2, 0.25) is 0 Å². The number of likely N-dealkylation sites (N-methyl/N-ethyl adjacent to an activating group) is 1. The smallest absolute Gasteiger partial charge is 0.0396 e. The summed E-state index contributed by atoms with van der Waals surface area (Å²) in [4.78, 5) is 2.30. The molecular formula is C15H29N. The van der Waals surface area contributed by atoms with Gasteiger partial charge in [-0.3, -0.25) is 0 Å². The Bertz CT molecular complexity index is 243. The maximum atomic E-state index is 2.30. The molecule has 1 heteroatoms. The Labute approximate surface area is 102 Å². The number of hydrogen-bond donors (Lipinski definition) is 0. The number of nitrogens with zero attached hydrogens (tertiary/aromatic N) is 1. The van der Waals surface area contributed by atoms with Crippen molar-refractivity contribution >= 4 is 5.69 Å². The molecule has 2 rings (SSSR count). The van der Waals surface area contributed by atoms with Gasteiger partial charge in [-0.1, -0.05) is 59.7 Å². The summed E-state index contributed by atoms with van der Waals surface area (Å²) in [7, 11) is 2.14. The summed E-state index contributed by atoms with van der Waals surface area (Å²) in [6.45, 7) is 13.2. The van der Waals surface area contributed by atoms with Crippen molar-refractivity contribution in [1.29, 1.82) is 0 Å². The summed E-state index contributed by atoms with van der Waals surface area (Å²) < 4.78 is 0. The van der Waals surface area contributed by atoms with Crippen LogP contribution >= 0.6 is 0 Å². The molecule has 0 fully saturated rings. The minimum Gasteiger partial charge on any atom is -0.374 e. The van der Waals surface area contributed by atoms with Gasteiger partial charge in [-0.2, -0.15) is 0 Å². The lowest BCUT2D eigenvalue weighted by Crippen LogP contribution is -2.12. The molecule has 1 aliphatic heterocycles. The molecule has 0 bridgehead atoms. The van der Waals surface area contributed by atoms with Crippen molar-refractivity contribution in [3.8, 4) is 0 Å². The molecule has 0 saturated carbocycles. The summed E-state index contributed by atoms with van der Waals surface area (Å²) >= 11 is 0. The Morgan fingerprint density at radius 1 is 0.875 bits per heavy atom. The van der Waals surface area contributed by atoms with E-state index in [1.54, 1.807) is 0 Å². The molecule has 0 unspecified atom stereocenters. The Morgan fingerprint density at radius 2 is 1.38 bits per heavy atom. The fourth-order valence-electron chi connectivity index (χ4n) is 1.50. The highest BCUT2D eigenvalue weighted by molar-refractivity contribution is 5.56. The number of fused-ring (bicyclic) bond motifs is 1. The molecule has 0 saturated heterocycles. The summed E-state index contributed by atoms with van der Waals surface area (Å²) in [6, 6.07) is 8.60. The van der Waals surface area contributed by atoms with Gasteiger partial charge in [0.1, 0.15) is 0 Å². The van der Waals surface area contributed by atoms with Crippen LogP contribution in [0.15, 0.2) is 24.3 Å². The number of hydrogen-bond acceptors (Lipinski definition) is 1. The maximum absolute atomic E-state index is 2.30. The van der Waals surface area contributed by atoms with Crippen LogP contribution in [0, 0.1) is 0 Å². The molecule has 1 aromatic rings. The monoisotopic (exact) mass is 223 g/mol. The van der Waals surface area contributed by atoms with Crippen LogP contribution in [-0.2, 0) is 6.42 Å². The van der Waals surface area contributed by atoms with E-state index in [1.165, 1.54) is 24.2 Å². The van der Waals surface area contributed by atoms with Gasteiger partial charge in [0.25, 0.3) is 0 Å². The first-order valence-electron chi connectivity index (χ1n) is 6.67. The zero-order valence-corrected chi connectivity index (χ0v) is 12.2. The second-order valence-electron chi connectivity index (χ2n) is 2.80. The second-order valence-corrected chi connectivity index (χ2v) is 2.80. The second kappa shape index (κ2) is 12.1. The van der Waals surface area contributed by atoms with Gasteiger partial charge in [0, 0.05) is 19.3 Å². The van der Waals surface area contributed by atoms with Crippen LogP contribution in [0.1, 0.15) is 47.1 Å². The molecule has 1 nitrogen and oxygen atoms in total. The third-order valence-corrected chi connectivity index (χ3v) is 2.12. The van der Waals surface area contributed by atoms with Gasteiger partial charge in [-0.15, -0.1) is 0 Å². The Morgan fingerprint density at radius 3 is 1.88 bits per heavy atom. The highest BCUT2D eigenvalue weighted by Crippen LogP contribution is 2.25. The van der Waals surface area contributed by atoms with E-state index in [-0.39, 0.29) is 0 Å². The zero-order chi connectivity index (χ0) is 13.0. The molecule has 0 atom stereocenters. The molecule has 16 heavy (non-hydrogen) atoms. The first-order valence-corrected chi connectivity index (χ1v) is 6.67. The van der Waals surface area contributed by atoms with E-state index >= 15 is 0 Å². The van der Waals surface area contributed by atoms with E-state index in [0.29, 0.717) is 0 Å². The third kappa shape index (κ3) is 5.20. The first kappa shape index (κ1) is 17.4. The molecule has 0 radical (unpaired) electrons. The molecule has 1 aromatic carbocycles. The fourth-order valence-corrected chi connectivity index (χ4v) is 1.50. The van der Waals surface area contributed by atoms with Gasteiger partial charge in [0.05, 0.1) is 0 Å². The molecule has 0 aromatic heterocycles. The summed E-state index contributed by atoms with van der Waals surface area (Å²) in [6.07, 6.45) is 1.21.